The fourth-order valence-electron chi connectivity index (χ4n) is 0.979. The van der Waals surface area contributed by atoms with Gasteiger partial charge in [0.2, 0.25) is 0 Å². The first-order valence-electron chi connectivity index (χ1n) is 4.05. The van der Waals surface area contributed by atoms with E-state index >= 15 is 0 Å². The molecule has 5 nitrogen and oxygen atoms in total. The van der Waals surface area contributed by atoms with Crippen LogP contribution in [0.4, 0.5) is 0 Å². The molecular formula is C8H12N2O3. The number of H-pyrrole nitrogens is 1. The SMILES string of the molecule is CCOC(=O)c1[nH]ncc1[C@H](C)O. The molecule has 0 unspecified atom stereocenters. The molecule has 0 saturated heterocycles. The van der Waals surface area contributed by atoms with Crippen molar-refractivity contribution in [1.82, 2.24) is 10.2 Å². The van der Waals surface area contributed by atoms with Crippen LogP contribution in [0.5, 0.6) is 0 Å². The molecule has 1 aromatic rings. The van der Waals surface area contributed by atoms with Crippen molar-refractivity contribution in [1.29, 1.82) is 0 Å². The number of aromatic nitrogens is 2. The Bertz CT molecular complexity index is 293. The molecule has 0 saturated carbocycles. The van der Waals surface area contributed by atoms with E-state index in [-0.39, 0.29) is 5.69 Å². The maximum atomic E-state index is 11.2. The topological polar surface area (TPSA) is 75.2 Å². The molecule has 1 atom stereocenters. The maximum absolute atomic E-state index is 11.2. The molecule has 2 N–H and O–H groups in total. The molecular weight excluding hydrogens is 172 g/mol. The van der Waals surface area contributed by atoms with Gasteiger partial charge in [0.1, 0.15) is 5.69 Å². The van der Waals surface area contributed by atoms with Crippen molar-refractivity contribution < 1.29 is 14.6 Å². The van der Waals surface area contributed by atoms with Gasteiger partial charge in [-0.05, 0) is 13.8 Å². The van der Waals surface area contributed by atoms with E-state index in [1.54, 1.807) is 13.8 Å². The Kier molecular flexibility index (Phi) is 3.02. The van der Waals surface area contributed by atoms with Crippen LogP contribution >= 0.6 is 0 Å². The van der Waals surface area contributed by atoms with Gasteiger partial charge >= 0.3 is 5.97 Å². The number of nitrogens with one attached hydrogen (secondary N) is 1. The number of aromatic amines is 1. The fraction of sp³-hybridized carbons (Fsp3) is 0.500. The lowest BCUT2D eigenvalue weighted by atomic mass is 10.1. The summed E-state index contributed by atoms with van der Waals surface area (Å²) in [5.41, 5.74) is 0.676. The molecule has 1 aromatic heterocycles. The molecule has 1 rings (SSSR count). The molecule has 0 aliphatic rings. The Morgan fingerprint density at radius 1 is 1.85 bits per heavy atom. The first-order valence-corrected chi connectivity index (χ1v) is 4.05. The second-order valence-corrected chi connectivity index (χ2v) is 2.60. The smallest absolute Gasteiger partial charge is 0.356 e. The van der Waals surface area contributed by atoms with E-state index in [0.717, 1.165) is 0 Å². The molecule has 0 fully saturated rings. The zero-order valence-corrected chi connectivity index (χ0v) is 7.57. The van der Waals surface area contributed by atoms with Crippen molar-refractivity contribution >= 4 is 5.97 Å². The third-order valence-corrected chi connectivity index (χ3v) is 1.60. The van der Waals surface area contributed by atoms with Crippen molar-refractivity contribution in [2.24, 2.45) is 0 Å². The minimum Gasteiger partial charge on any atom is -0.461 e. The maximum Gasteiger partial charge on any atom is 0.356 e. The third kappa shape index (κ3) is 2.06. The summed E-state index contributed by atoms with van der Waals surface area (Å²) in [6, 6.07) is 0. The summed E-state index contributed by atoms with van der Waals surface area (Å²) in [6.45, 7) is 3.58. The van der Waals surface area contributed by atoms with Crippen LogP contribution in [0.15, 0.2) is 6.20 Å². The quantitative estimate of drug-likeness (QED) is 0.676. The first kappa shape index (κ1) is 9.73. The molecule has 1 heterocycles. The molecule has 0 amide bonds. The highest BCUT2D eigenvalue weighted by Gasteiger charge is 2.17. The lowest BCUT2D eigenvalue weighted by molar-refractivity contribution is 0.0513. The fourth-order valence-corrected chi connectivity index (χ4v) is 0.979. The van der Waals surface area contributed by atoms with Crippen LogP contribution in [0.3, 0.4) is 0 Å². The molecule has 0 spiro atoms. The third-order valence-electron chi connectivity index (χ3n) is 1.60. The predicted molar refractivity (Wildman–Crippen MR) is 45.2 cm³/mol. The largest absolute Gasteiger partial charge is 0.461 e. The van der Waals surface area contributed by atoms with Gasteiger partial charge in [0.05, 0.1) is 18.9 Å². The van der Waals surface area contributed by atoms with Gasteiger partial charge in [-0.3, -0.25) is 5.10 Å². The molecule has 0 aliphatic heterocycles. The van der Waals surface area contributed by atoms with Crippen LogP contribution in [0, 0.1) is 0 Å². The standard InChI is InChI=1S/C8H12N2O3/c1-3-13-8(12)7-6(5(2)11)4-9-10-7/h4-5,11H,3H2,1-2H3,(H,9,10)/t5-/m0/s1. The molecule has 0 aromatic carbocycles. The van der Waals surface area contributed by atoms with Gasteiger partial charge < -0.3 is 9.84 Å². The highest BCUT2D eigenvalue weighted by atomic mass is 16.5. The zero-order chi connectivity index (χ0) is 9.84. The summed E-state index contributed by atoms with van der Waals surface area (Å²) in [6.07, 6.45) is 0.690. The summed E-state index contributed by atoms with van der Waals surface area (Å²) in [7, 11) is 0. The van der Waals surface area contributed by atoms with Crippen LogP contribution in [0.25, 0.3) is 0 Å². The Hall–Kier alpha value is -1.36. The number of aliphatic hydroxyl groups excluding tert-OH is 1. The van der Waals surface area contributed by atoms with E-state index in [1.807, 2.05) is 0 Å². The molecule has 0 bridgehead atoms. The Morgan fingerprint density at radius 3 is 3.08 bits per heavy atom. The summed E-state index contributed by atoms with van der Waals surface area (Å²) < 4.78 is 4.76. The van der Waals surface area contributed by atoms with E-state index in [0.29, 0.717) is 12.2 Å². The number of aliphatic hydroxyl groups is 1. The monoisotopic (exact) mass is 184 g/mol. The second-order valence-electron chi connectivity index (χ2n) is 2.60. The predicted octanol–water partition coefficient (Wildman–Crippen LogP) is 0.640. The normalized spacial score (nSPS) is 12.5. The second kappa shape index (κ2) is 4.04. The van der Waals surface area contributed by atoms with E-state index in [4.69, 9.17) is 4.74 Å². The molecule has 5 heteroatoms. The molecule has 72 valence electrons. The number of nitrogens with zero attached hydrogens (tertiary/aromatic N) is 1. The van der Waals surface area contributed by atoms with E-state index in [2.05, 4.69) is 10.2 Å². The van der Waals surface area contributed by atoms with Crippen LogP contribution < -0.4 is 0 Å². The first-order chi connectivity index (χ1) is 6.16. The molecule has 0 radical (unpaired) electrons. The Labute approximate surface area is 75.7 Å². The van der Waals surface area contributed by atoms with Crippen LogP contribution in [-0.4, -0.2) is 27.9 Å². The molecule has 13 heavy (non-hydrogen) atoms. The minimum absolute atomic E-state index is 0.219. The average Bonchev–Trinajstić information content (AvgIpc) is 2.52. The van der Waals surface area contributed by atoms with Crippen LogP contribution in [0.1, 0.15) is 36.0 Å². The van der Waals surface area contributed by atoms with Crippen LogP contribution in [-0.2, 0) is 4.74 Å². The average molecular weight is 184 g/mol. The lowest BCUT2D eigenvalue weighted by Crippen LogP contribution is -2.09. The highest BCUT2D eigenvalue weighted by Crippen LogP contribution is 2.15. The Balaban J connectivity index is 2.87. The number of hydrogen-bond acceptors (Lipinski definition) is 4. The number of rotatable bonds is 3. The zero-order valence-electron chi connectivity index (χ0n) is 7.57. The lowest BCUT2D eigenvalue weighted by Gasteiger charge is -2.04. The van der Waals surface area contributed by atoms with Crippen molar-refractivity contribution in [3.8, 4) is 0 Å². The van der Waals surface area contributed by atoms with Crippen molar-refractivity contribution in [2.75, 3.05) is 6.61 Å². The van der Waals surface area contributed by atoms with Crippen LogP contribution in [0.2, 0.25) is 0 Å². The van der Waals surface area contributed by atoms with Gasteiger partial charge in [0, 0.05) is 5.56 Å². The van der Waals surface area contributed by atoms with Gasteiger partial charge in [-0.25, -0.2) is 4.79 Å². The number of carbonyl (C=O) groups is 1. The van der Waals surface area contributed by atoms with E-state index in [1.165, 1.54) is 6.20 Å². The van der Waals surface area contributed by atoms with Gasteiger partial charge in [0.15, 0.2) is 0 Å². The van der Waals surface area contributed by atoms with Crippen molar-refractivity contribution in [3.63, 3.8) is 0 Å². The minimum atomic E-state index is -0.724. The summed E-state index contributed by atoms with van der Waals surface area (Å²) >= 11 is 0. The van der Waals surface area contributed by atoms with Gasteiger partial charge in [0.25, 0.3) is 0 Å². The van der Waals surface area contributed by atoms with Gasteiger partial charge in [-0.1, -0.05) is 0 Å². The van der Waals surface area contributed by atoms with Crippen molar-refractivity contribution in [2.45, 2.75) is 20.0 Å². The molecule has 0 aliphatic carbocycles. The summed E-state index contributed by atoms with van der Waals surface area (Å²) in [5, 5.41) is 15.4. The number of hydrogen-bond donors (Lipinski definition) is 2. The highest BCUT2D eigenvalue weighted by molar-refractivity contribution is 5.88. The Morgan fingerprint density at radius 2 is 2.54 bits per heavy atom. The van der Waals surface area contributed by atoms with E-state index in [9.17, 15) is 9.90 Å². The summed E-state index contributed by atoms with van der Waals surface area (Å²) in [5.74, 6) is -0.490. The van der Waals surface area contributed by atoms with Gasteiger partial charge in [-0.2, -0.15) is 5.10 Å². The summed E-state index contributed by atoms with van der Waals surface area (Å²) in [4.78, 5) is 11.2. The van der Waals surface area contributed by atoms with Gasteiger partial charge in [-0.15, -0.1) is 0 Å². The number of esters is 1. The number of carbonyl (C=O) groups excluding carboxylic acids is 1. The number of ether oxygens (including phenoxy) is 1. The van der Waals surface area contributed by atoms with E-state index < -0.39 is 12.1 Å². The van der Waals surface area contributed by atoms with Crippen molar-refractivity contribution in [3.05, 3.63) is 17.5 Å².